The van der Waals surface area contributed by atoms with Crippen LogP contribution >= 0.6 is 27.3 Å². The topological polar surface area (TPSA) is 29.3 Å². The quantitative estimate of drug-likeness (QED) is 0.875. The maximum atomic E-state index is 13.9. The van der Waals surface area contributed by atoms with Gasteiger partial charge in [-0.3, -0.25) is 4.90 Å². The lowest BCUT2D eigenvalue weighted by Crippen LogP contribution is -2.31. The second kappa shape index (κ2) is 6.76. The highest BCUT2D eigenvalue weighted by molar-refractivity contribution is 9.11. The molecule has 0 radical (unpaired) electrons. The Morgan fingerprint density at radius 3 is 2.50 bits per heavy atom. The number of thiophene rings is 1. The Bertz CT molecular complexity index is 568. The van der Waals surface area contributed by atoms with Crippen molar-refractivity contribution in [2.24, 2.45) is 5.73 Å². The van der Waals surface area contributed by atoms with Gasteiger partial charge in [0.1, 0.15) is 11.6 Å². The molecule has 2 aromatic rings. The van der Waals surface area contributed by atoms with Gasteiger partial charge in [-0.2, -0.15) is 0 Å². The first-order valence-corrected chi connectivity index (χ1v) is 7.77. The summed E-state index contributed by atoms with van der Waals surface area (Å²) >= 11 is 4.98. The first kappa shape index (κ1) is 15.6. The van der Waals surface area contributed by atoms with E-state index in [4.69, 9.17) is 5.73 Å². The Morgan fingerprint density at radius 1 is 1.35 bits per heavy atom. The van der Waals surface area contributed by atoms with Crippen molar-refractivity contribution in [1.82, 2.24) is 4.90 Å². The third-order valence-electron chi connectivity index (χ3n) is 3.14. The number of nitrogens with zero attached hydrogens (tertiary/aromatic N) is 1. The van der Waals surface area contributed by atoms with Crippen LogP contribution < -0.4 is 5.73 Å². The Balaban J connectivity index is 2.23. The molecule has 108 valence electrons. The van der Waals surface area contributed by atoms with Gasteiger partial charge in [0.25, 0.3) is 0 Å². The van der Waals surface area contributed by atoms with E-state index in [0.29, 0.717) is 6.54 Å². The lowest BCUT2D eigenvalue weighted by Gasteiger charge is -2.27. The lowest BCUT2D eigenvalue weighted by molar-refractivity contribution is 0.231. The van der Waals surface area contributed by atoms with E-state index >= 15 is 0 Å². The van der Waals surface area contributed by atoms with Crippen LogP contribution in [0.1, 0.15) is 17.2 Å². The number of benzene rings is 1. The van der Waals surface area contributed by atoms with E-state index in [2.05, 4.69) is 15.9 Å². The van der Waals surface area contributed by atoms with Crippen LogP contribution in [0, 0.1) is 11.6 Å². The summed E-state index contributed by atoms with van der Waals surface area (Å²) in [5.74, 6) is -1.11. The number of halogens is 3. The summed E-state index contributed by atoms with van der Waals surface area (Å²) in [7, 11) is 1.81. The maximum Gasteiger partial charge on any atom is 0.130 e. The van der Waals surface area contributed by atoms with Crippen LogP contribution in [0.5, 0.6) is 0 Å². The molecule has 0 spiro atoms. The third kappa shape index (κ3) is 3.44. The van der Waals surface area contributed by atoms with Gasteiger partial charge in [0.15, 0.2) is 0 Å². The molecule has 0 saturated carbocycles. The van der Waals surface area contributed by atoms with Crippen LogP contribution in [0.4, 0.5) is 8.78 Å². The number of hydrogen-bond acceptors (Lipinski definition) is 3. The smallest absolute Gasteiger partial charge is 0.130 e. The van der Waals surface area contributed by atoms with E-state index in [1.165, 1.54) is 18.2 Å². The Kier molecular flexibility index (Phi) is 5.26. The monoisotopic (exact) mass is 360 g/mol. The first-order chi connectivity index (χ1) is 9.52. The van der Waals surface area contributed by atoms with E-state index < -0.39 is 17.7 Å². The molecule has 0 aliphatic heterocycles. The minimum absolute atomic E-state index is 0.0341. The van der Waals surface area contributed by atoms with Crippen LogP contribution in [0.25, 0.3) is 0 Å². The van der Waals surface area contributed by atoms with E-state index in [9.17, 15) is 8.78 Å². The zero-order valence-electron chi connectivity index (χ0n) is 10.9. The molecule has 0 aliphatic rings. The minimum Gasteiger partial charge on any atom is -0.329 e. The standard InChI is InChI=1S/C14H15BrF2N2S/c1-19(7-9-5-13(15)20-8-9)12(6-18)14-10(16)3-2-4-11(14)17/h2-5,8,12H,6-7,18H2,1H3. The minimum atomic E-state index is -0.557. The molecule has 1 atom stereocenters. The molecule has 1 aromatic heterocycles. The summed E-state index contributed by atoms with van der Waals surface area (Å²) in [4.78, 5) is 1.86. The van der Waals surface area contributed by atoms with Crippen molar-refractivity contribution in [2.75, 3.05) is 13.6 Å². The molecule has 2 nitrogen and oxygen atoms in total. The molecule has 6 heteroatoms. The maximum absolute atomic E-state index is 13.9. The van der Waals surface area contributed by atoms with Gasteiger partial charge in [-0.1, -0.05) is 6.07 Å². The highest BCUT2D eigenvalue weighted by Crippen LogP contribution is 2.27. The van der Waals surface area contributed by atoms with Gasteiger partial charge in [-0.05, 0) is 52.1 Å². The van der Waals surface area contributed by atoms with Crippen molar-refractivity contribution in [3.63, 3.8) is 0 Å². The molecule has 0 fully saturated rings. The van der Waals surface area contributed by atoms with Gasteiger partial charge in [-0.15, -0.1) is 11.3 Å². The summed E-state index contributed by atoms with van der Waals surface area (Å²) in [5.41, 5.74) is 6.84. The average molecular weight is 361 g/mol. The predicted octanol–water partition coefficient (Wildman–Crippen LogP) is 3.92. The summed E-state index contributed by atoms with van der Waals surface area (Å²) in [6.45, 7) is 0.734. The molecule has 1 unspecified atom stereocenters. The van der Waals surface area contributed by atoms with Crippen LogP contribution in [-0.2, 0) is 6.54 Å². The fourth-order valence-electron chi connectivity index (χ4n) is 2.17. The van der Waals surface area contributed by atoms with Gasteiger partial charge in [-0.25, -0.2) is 8.78 Å². The molecule has 0 amide bonds. The fourth-order valence-corrected chi connectivity index (χ4v) is 3.37. The molecular formula is C14H15BrF2N2S. The van der Waals surface area contributed by atoms with Crippen molar-refractivity contribution >= 4 is 27.3 Å². The largest absolute Gasteiger partial charge is 0.329 e. The van der Waals surface area contributed by atoms with Crippen LogP contribution in [0.2, 0.25) is 0 Å². The lowest BCUT2D eigenvalue weighted by atomic mass is 10.0. The summed E-state index contributed by atoms with van der Waals surface area (Å²) < 4.78 is 28.8. The summed E-state index contributed by atoms with van der Waals surface area (Å²) in [6, 6.07) is 5.38. The SMILES string of the molecule is CN(Cc1csc(Br)c1)C(CN)c1c(F)cccc1F. The second-order valence-corrected chi connectivity index (χ2v) is 6.85. The molecule has 1 heterocycles. The van der Waals surface area contributed by atoms with E-state index in [1.807, 2.05) is 23.4 Å². The molecule has 0 aliphatic carbocycles. The summed E-state index contributed by atoms with van der Waals surface area (Å²) in [6.07, 6.45) is 0. The van der Waals surface area contributed by atoms with E-state index in [0.717, 1.165) is 9.35 Å². The second-order valence-electron chi connectivity index (χ2n) is 4.56. The van der Waals surface area contributed by atoms with Crippen molar-refractivity contribution in [2.45, 2.75) is 12.6 Å². The third-order valence-corrected chi connectivity index (χ3v) is 4.70. The normalized spacial score (nSPS) is 12.9. The van der Waals surface area contributed by atoms with Gasteiger partial charge in [0.05, 0.1) is 9.83 Å². The fraction of sp³-hybridized carbons (Fsp3) is 0.286. The van der Waals surface area contributed by atoms with Crippen LogP contribution in [0.15, 0.2) is 33.4 Å². The highest BCUT2D eigenvalue weighted by atomic mass is 79.9. The van der Waals surface area contributed by atoms with Gasteiger partial charge < -0.3 is 5.73 Å². The molecule has 0 bridgehead atoms. The number of hydrogen-bond donors (Lipinski definition) is 1. The van der Waals surface area contributed by atoms with Crippen molar-refractivity contribution in [3.8, 4) is 0 Å². The average Bonchev–Trinajstić information content (AvgIpc) is 2.79. The molecule has 2 N–H and O–H groups in total. The van der Waals surface area contributed by atoms with E-state index in [-0.39, 0.29) is 12.1 Å². The predicted molar refractivity (Wildman–Crippen MR) is 81.6 cm³/mol. The van der Waals surface area contributed by atoms with Gasteiger partial charge >= 0.3 is 0 Å². The molecule has 0 saturated heterocycles. The Hall–Kier alpha value is -0.820. The Morgan fingerprint density at radius 2 is 2.00 bits per heavy atom. The van der Waals surface area contributed by atoms with Crippen LogP contribution in [-0.4, -0.2) is 18.5 Å². The van der Waals surface area contributed by atoms with Crippen molar-refractivity contribution < 1.29 is 8.78 Å². The Labute approximate surface area is 129 Å². The number of likely N-dealkylation sites (N-methyl/N-ethyl adjacent to an activating group) is 1. The first-order valence-electron chi connectivity index (χ1n) is 6.10. The molecular weight excluding hydrogens is 346 g/mol. The zero-order valence-corrected chi connectivity index (χ0v) is 13.3. The van der Waals surface area contributed by atoms with Crippen molar-refractivity contribution in [1.29, 1.82) is 0 Å². The summed E-state index contributed by atoms with van der Waals surface area (Å²) in [5, 5.41) is 2.01. The zero-order chi connectivity index (χ0) is 14.7. The number of nitrogens with two attached hydrogens (primary N) is 1. The van der Waals surface area contributed by atoms with Crippen molar-refractivity contribution in [3.05, 3.63) is 56.2 Å². The van der Waals surface area contributed by atoms with Gasteiger partial charge in [0, 0.05) is 18.7 Å². The molecule has 1 aromatic carbocycles. The van der Waals surface area contributed by atoms with Crippen LogP contribution in [0.3, 0.4) is 0 Å². The molecule has 2 rings (SSSR count). The van der Waals surface area contributed by atoms with E-state index in [1.54, 1.807) is 11.3 Å². The highest BCUT2D eigenvalue weighted by Gasteiger charge is 2.23. The number of rotatable bonds is 5. The van der Waals surface area contributed by atoms with Gasteiger partial charge in [0.2, 0.25) is 0 Å². The molecule has 20 heavy (non-hydrogen) atoms.